The molecule has 29 heavy (non-hydrogen) atoms. The molecule has 2 aromatic rings. The number of nitrogens with one attached hydrogen (secondary N) is 2. The summed E-state index contributed by atoms with van der Waals surface area (Å²) in [5.74, 6) is -0.290. The van der Waals surface area contributed by atoms with Crippen molar-refractivity contribution < 1.29 is 9.59 Å². The smallest absolute Gasteiger partial charge is 0.318 e. The van der Waals surface area contributed by atoms with Gasteiger partial charge in [-0.15, -0.1) is 11.3 Å². The number of benzene rings is 1. The zero-order valence-corrected chi connectivity index (χ0v) is 18.8. The van der Waals surface area contributed by atoms with Crippen LogP contribution >= 0.6 is 34.5 Å². The minimum absolute atomic E-state index is 0.257. The van der Waals surface area contributed by atoms with Gasteiger partial charge in [0.05, 0.1) is 15.7 Å². The molecule has 1 aromatic carbocycles. The van der Waals surface area contributed by atoms with E-state index in [0.29, 0.717) is 41.4 Å². The van der Waals surface area contributed by atoms with Crippen LogP contribution in [0.5, 0.6) is 0 Å². The van der Waals surface area contributed by atoms with Gasteiger partial charge in [0.25, 0.3) is 0 Å². The Bertz CT molecular complexity index is 892. The number of anilines is 2. The molecule has 1 saturated heterocycles. The van der Waals surface area contributed by atoms with Gasteiger partial charge < -0.3 is 20.4 Å². The van der Waals surface area contributed by atoms with Crippen molar-refractivity contribution >= 4 is 57.3 Å². The summed E-state index contributed by atoms with van der Waals surface area (Å²) in [6.07, 6.45) is 0. The molecule has 156 valence electrons. The van der Waals surface area contributed by atoms with Gasteiger partial charge in [-0.3, -0.25) is 4.79 Å². The van der Waals surface area contributed by atoms with Crippen LogP contribution in [0.1, 0.15) is 17.5 Å². The van der Waals surface area contributed by atoms with Crippen LogP contribution in [0.4, 0.5) is 15.6 Å². The summed E-state index contributed by atoms with van der Waals surface area (Å²) in [6.45, 7) is 7.94. The summed E-state index contributed by atoms with van der Waals surface area (Å²) < 4.78 is 0. The molecule has 0 bridgehead atoms. The minimum Gasteiger partial charge on any atom is -0.368 e. The molecule has 0 spiro atoms. The first-order valence-electron chi connectivity index (χ1n) is 9.25. The average molecular weight is 456 g/mol. The van der Waals surface area contributed by atoms with Gasteiger partial charge in [-0.05, 0) is 39.0 Å². The third kappa shape index (κ3) is 5.32. The van der Waals surface area contributed by atoms with E-state index in [1.807, 2.05) is 26.0 Å². The van der Waals surface area contributed by atoms with Crippen LogP contribution in [-0.2, 0) is 4.79 Å². The number of rotatable bonds is 4. The van der Waals surface area contributed by atoms with Crippen LogP contribution in [0.3, 0.4) is 0 Å². The number of carbonyl (C=O) groups excluding carboxylic acids is 2. The SMILES string of the molecule is Cc1nc(NC(=O)C(C)NC(=O)N2CCN(c3ccc(Cl)c(Cl)c3)CC2)sc1C. The number of halogens is 2. The molecule has 7 nitrogen and oxygen atoms in total. The maximum absolute atomic E-state index is 12.5. The van der Waals surface area contributed by atoms with Gasteiger partial charge in [-0.25, -0.2) is 9.78 Å². The number of piperazine rings is 1. The fourth-order valence-electron chi connectivity index (χ4n) is 2.93. The molecular weight excluding hydrogens is 433 g/mol. The standard InChI is InChI=1S/C19H23Cl2N5O2S/c1-11-13(3)29-18(22-11)24-17(27)12(2)23-19(28)26-8-6-25(7-9-26)14-4-5-15(20)16(21)10-14/h4-5,10,12H,6-9H2,1-3H3,(H,23,28)(H,22,24,27). The van der Waals surface area contributed by atoms with Crippen molar-refractivity contribution in [1.82, 2.24) is 15.2 Å². The Morgan fingerprint density at radius 2 is 1.83 bits per heavy atom. The van der Waals surface area contributed by atoms with Gasteiger partial charge in [0.15, 0.2) is 5.13 Å². The van der Waals surface area contributed by atoms with Crippen LogP contribution in [0.2, 0.25) is 10.0 Å². The normalized spacial score (nSPS) is 15.2. The summed E-state index contributed by atoms with van der Waals surface area (Å²) in [5, 5.41) is 7.08. The van der Waals surface area contributed by atoms with Crippen molar-refractivity contribution in [1.29, 1.82) is 0 Å². The van der Waals surface area contributed by atoms with Gasteiger partial charge in [0.1, 0.15) is 6.04 Å². The van der Waals surface area contributed by atoms with Crippen LogP contribution in [-0.4, -0.2) is 54.0 Å². The number of carbonyl (C=O) groups is 2. The summed E-state index contributed by atoms with van der Waals surface area (Å²) in [7, 11) is 0. The third-order valence-electron chi connectivity index (χ3n) is 4.83. The molecule has 2 N–H and O–H groups in total. The summed E-state index contributed by atoms with van der Waals surface area (Å²) in [5.41, 5.74) is 1.86. The predicted octanol–water partition coefficient (Wildman–Crippen LogP) is 3.93. The second-order valence-corrected chi connectivity index (χ2v) is 8.91. The van der Waals surface area contributed by atoms with Crippen LogP contribution < -0.4 is 15.5 Å². The highest BCUT2D eigenvalue weighted by molar-refractivity contribution is 7.15. The van der Waals surface area contributed by atoms with E-state index in [2.05, 4.69) is 20.5 Å². The maximum Gasteiger partial charge on any atom is 0.318 e. The number of aromatic nitrogens is 1. The van der Waals surface area contributed by atoms with E-state index in [9.17, 15) is 9.59 Å². The number of amides is 3. The minimum atomic E-state index is -0.667. The number of thiazole rings is 1. The Hall–Kier alpha value is -2.03. The van der Waals surface area contributed by atoms with E-state index in [1.54, 1.807) is 17.9 Å². The van der Waals surface area contributed by atoms with Crippen molar-refractivity contribution in [3.05, 3.63) is 38.8 Å². The maximum atomic E-state index is 12.5. The molecule has 1 fully saturated rings. The molecule has 1 unspecified atom stereocenters. The van der Waals surface area contributed by atoms with Gasteiger partial charge in [0.2, 0.25) is 5.91 Å². The second-order valence-electron chi connectivity index (χ2n) is 6.89. The van der Waals surface area contributed by atoms with E-state index < -0.39 is 6.04 Å². The Morgan fingerprint density at radius 1 is 1.14 bits per heavy atom. The number of hydrogen-bond acceptors (Lipinski definition) is 5. The van der Waals surface area contributed by atoms with Crippen molar-refractivity contribution in [2.45, 2.75) is 26.8 Å². The lowest BCUT2D eigenvalue weighted by Crippen LogP contribution is -2.54. The molecule has 1 aromatic heterocycles. The van der Waals surface area contributed by atoms with Gasteiger partial charge in [0, 0.05) is 36.7 Å². The quantitative estimate of drug-likeness (QED) is 0.731. The highest BCUT2D eigenvalue weighted by Crippen LogP contribution is 2.27. The molecule has 0 saturated carbocycles. The van der Waals surface area contributed by atoms with E-state index in [1.165, 1.54) is 11.3 Å². The zero-order valence-electron chi connectivity index (χ0n) is 16.5. The first-order valence-corrected chi connectivity index (χ1v) is 10.8. The van der Waals surface area contributed by atoms with E-state index in [0.717, 1.165) is 16.3 Å². The molecule has 1 atom stereocenters. The van der Waals surface area contributed by atoms with Crippen molar-refractivity contribution in [2.24, 2.45) is 0 Å². The van der Waals surface area contributed by atoms with E-state index >= 15 is 0 Å². The highest BCUT2D eigenvalue weighted by atomic mass is 35.5. The first kappa shape index (κ1) is 21.7. The Morgan fingerprint density at radius 3 is 2.41 bits per heavy atom. The molecule has 0 aliphatic carbocycles. The Kier molecular flexibility index (Phi) is 6.87. The topological polar surface area (TPSA) is 77.6 Å². The van der Waals surface area contributed by atoms with Crippen LogP contribution in [0, 0.1) is 13.8 Å². The summed E-state index contributed by atoms with van der Waals surface area (Å²) >= 11 is 13.5. The largest absolute Gasteiger partial charge is 0.368 e. The van der Waals surface area contributed by atoms with Crippen molar-refractivity contribution in [3.8, 4) is 0 Å². The molecular formula is C19H23Cl2N5O2S. The number of nitrogens with zero attached hydrogens (tertiary/aromatic N) is 3. The van der Waals surface area contributed by atoms with Crippen LogP contribution in [0.15, 0.2) is 18.2 Å². The predicted molar refractivity (Wildman–Crippen MR) is 118 cm³/mol. The van der Waals surface area contributed by atoms with E-state index in [4.69, 9.17) is 23.2 Å². The fourth-order valence-corrected chi connectivity index (χ4v) is 4.04. The van der Waals surface area contributed by atoms with E-state index in [-0.39, 0.29) is 11.9 Å². The van der Waals surface area contributed by atoms with Crippen molar-refractivity contribution in [3.63, 3.8) is 0 Å². The molecule has 3 amide bonds. The highest BCUT2D eigenvalue weighted by Gasteiger charge is 2.24. The summed E-state index contributed by atoms with van der Waals surface area (Å²) in [4.78, 5) is 34.1. The third-order valence-corrected chi connectivity index (χ3v) is 6.55. The monoisotopic (exact) mass is 455 g/mol. The van der Waals surface area contributed by atoms with Gasteiger partial charge >= 0.3 is 6.03 Å². The average Bonchev–Trinajstić information content (AvgIpc) is 3.01. The first-order chi connectivity index (χ1) is 13.7. The fraction of sp³-hybridized carbons (Fsp3) is 0.421. The lowest BCUT2D eigenvalue weighted by molar-refractivity contribution is -0.117. The molecule has 0 radical (unpaired) electrons. The number of urea groups is 1. The zero-order chi connectivity index (χ0) is 21.1. The van der Waals surface area contributed by atoms with Crippen molar-refractivity contribution in [2.75, 3.05) is 36.4 Å². The molecule has 1 aliphatic heterocycles. The molecule has 1 aliphatic rings. The van der Waals surface area contributed by atoms with Crippen LogP contribution in [0.25, 0.3) is 0 Å². The number of aryl methyl sites for hydroxylation is 2. The molecule has 3 rings (SSSR count). The van der Waals surface area contributed by atoms with Gasteiger partial charge in [-0.1, -0.05) is 23.2 Å². The van der Waals surface area contributed by atoms with Gasteiger partial charge in [-0.2, -0.15) is 0 Å². The Balaban J connectivity index is 1.49. The lowest BCUT2D eigenvalue weighted by atomic mass is 10.2. The number of hydrogen-bond donors (Lipinski definition) is 2. The lowest BCUT2D eigenvalue weighted by Gasteiger charge is -2.36. The molecule has 10 heteroatoms. The Labute approximate surface area is 184 Å². The summed E-state index contributed by atoms with van der Waals surface area (Å²) in [6, 6.07) is 4.59. The molecule has 2 heterocycles. The second kappa shape index (κ2) is 9.19.